The van der Waals surface area contributed by atoms with Crippen LogP contribution in [0.25, 0.3) is 0 Å². The van der Waals surface area contributed by atoms with Gasteiger partial charge in [0.2, 0.25) is 0 Å². The van der Waals surface area contributed by atoms with Crippen molar-refractivity contribution < 1.29 is 9.53 Å². The average molecular weight is 318 g/mol. The molecule has 3 rings (SSSR count). The third-order valence-corrected chi connectivity index (χ3v) is 3.68. The Balaban J connectivity index is 1.92. The predicted octanol–water partition coefficient (Wildman–Crippen LogP) is 4.85. The van der Waals surface area contributed by atoms with E-state index in [9.17, 15) is 4.79 Å². The lowest BCUT2D eigenvalue weighted by Crippen LogP contribution is -2.36. The van der Waals surface area contributed by atoms with E-state index in [4.69, 9.17) is 4.74 Å². The van der Waals surface area contributed by atoms with Crippen LogP contribution in [-0.2, 0) is 0 Å². The molecular formula is C20H18N2O2. The Bertz CT molecular complexity index is 777. The van der Waals surface area contributed by atoms with Crippen molar-refractivity contribution in [2.45, 2.75) is 13.0 Å². The Morgan fingerprint density at radius 3 is 2.17 bits per heavy atom. The van der Waals surface area contributed by atoms with Crippen LogP contribution < -0.4 is 9.64 Å². The summed E-state index contributed by atoms with van der Waals surface area (Å²) >= 11 is 0. The molecule has 0 radical (unpaired) electrons. The van der Waals surface area contributed by atoms with Crippen molar-refractivity contribution >= 4 is 11.8 Å². The molecule has 1 amide bonds. The van der Waals surface area contributed by atoms with E-state index < -0.39 is 6.09 Å². The first-order valence-corrected chi connectivity index (χ1v) is 7.78. The fourth-order valence-corrected chi connectivity index (χ4v) is 2.47. The number of nitrogens with zero attached hydrogens (tertiary/aromatic N) is 2. The normalized spacial score (nSPS) is 11.5. The van der Waals surface area contributed by atoms with Crippen LogP contribution in [0.5, 0.6) is 5.75 Å². The number of aromatic nitrogens is 1. The SMILES string of the molecule is CC(c1ccccn1)N(C(=O)Oc1ccccc1)c1ccccc1. The fraction of sp³-hybridized carbons (Fsp3) is 0.100. The van der Waals surface area contributed by atoms with Gasteiger partial charge >= 0.3 is 6.09 Å². The molecule has 0 aliphatic carbocycles. The lowest BCUT2D eigenvalue weighted by atomic mass is 10.1. The number of anilines is 1. The number of hydrogen-bond acceptors (Lipinski definition) is 3. The van der Waals surface area contributed by atoms with E-state index in [1.54, 1.807) is 23.2 Å². The first kappa shape index (κ1) is 15.7. The van der Waals surface area contributed by atoms with E-state index in [0.29, 0.717) is 5.75 Å². The smallest absolute Gasteiger partial charge is 0.410 e. The maximum Gasteiger partial charge on any atom is 0.420 e. The van der Waals surface area contributed by atoms with Crippen molar-refractivity contribution in [1.29, 1.82) is 0 Å². The number of pyridine rings is 1. The second kappa shape index (κ2) is 7.42. The molecule has 4 heteroatoms. The number of benzene rings is 2. The van der Waals surface area contributed by atoms with Crippen molar-refractivity contribution in [3.8, 4) is 5.75 Å². The molecule has 2 aromatic carbocycles. The van der Waals surface area contributed by atoms with Crippen LogP contribution in [0.15, 0.2) is 85.1 Å². The zero-order valence-electron chi connectivity index (χ0n) is 13.4. The topological polar surface area (TPSA) is 42.4 Å². The summed E-state index contributed by atoms with van der Waals surface area (Å²) in [5.41, 5.74) is 1.56. The minimum Gasteiger partial charge on any atom is -0.410 e. The van der Waals surface area contributed by atoms with Crippen LogP contribution in [0.3, 0.4) is 0 Å². The van der Waals surface area contributed by atoms with Crippen LogP contribution in [-0.4, -0.2) is 11.1 Å². The van der Waals surface area contributed by atoms with Gasteiger partial charge in [0.25, 0.3) is 0 Å². The van der Waals surface area contributed by atoms with Crippen LogP contribution >= 0.6 is 0 Å². The fourth-order valence-electron chi connectivity index (χ4n) is 2.47. The quantitative estimate of drug-likeness (QED) is 0.690. The molecule has 0 spiro atoms. The maximum absolute atomic E-state index is 12.8. The third-order valence-electron chi connectivity index (χ3n) is 3.68. The Morgan fingerprint density at radius 2 is 1.54 bits per heavy atom. The molecule has 120 valence electrons. The molecule has 1 unspecified atom stereocenters. The van der Waals surface area contributed by atoms with Gasteiger partial charge < -0.3 is 4.74 Å². The van der Waals surface area contributed by atoms with Crippen LogP contribution in [0.1, 0.15) is 18.7 Å². The lowest BCUT2D eigenvalue weighted by Gasteiger charge is -2.28. The molecule has 0 saturated heterocycles. The number of para-hydroxylation sites is 2. The highest BCUT2D eigenvalue weighted by Gasteiger charge is 2.25. The van der Waals surface area contributed by atoms with Gasteiger partial charge in [-0.05, 0) is 43.3 Å². The Labute approximate surface area is 141 Å². The number of amides is 1. The van der Waals surface area contributed by atoms with E-state index >= 15 is 0 Å². The zero-order chi connectivity index (χ0) is 16.8. The highest BCUT2D eigenvalue weighted by atomic mass is 16.6. The van der Waals surface area contributed by atoms with Gasteiger partial charge in [-0.15, -0.1) is 0 Å². The molecule has 0 aliphatic heterocycles. The lowest BCUT2D eigenvalue weighted by molar-refractivity contribution is 0.205. The molecule has 0 saturated carbocycles. The second-order valence-electron chi connectivity index (χ2n) is 5.32. The van der Waals surface area contributed by atoms with Gasteiger partial charge in [-0.2, -0.15) is 0 Å². The van der Waals surface area contributed by atoms with Crippen molar-refractivity contribution in [1.82, 2.24) is 4.98 Å². The van der Waals surface area contributed by atoms with Gasteiger partial charge in [0.15, 0.2) is 0 Å². The summed E-state index contributed by atoms with van der Waals surface area (Å²) in [6, 6.07) is 23.9. The predicted molar refractivity (Wildman–Crippen MR) is 94.0 cm³/mol. The molecule has 1 atom stereocenters. The third kappa shape index (κ3) is 3.60. The minimum absolute atomic E-state index is 0.259. The molecule has 24 heavy (non-hydrogen) atoms. The Hall–Kier alpha value is -3.14. The molecule has 0 N–H and O–H groups in total. The minimum atomic E-state index is -0.439. The molecule has 0 bridgehead atoms. The zero-order valence-corrected chi connectivity index (χ0v) is 13.4. The molecule has 0 aliphatic rings. The van der Waals surface area contributed by atoms with Crippen molar-refractivity contribution in [3.63, 3.8) is 0 Å². The standard InChI is InChI=1S/C20H18N2O2/c1-16(19-14-8-9-15-21-19)22(17-10-4-2-5-11-17)20(23)24-18-12-6-3-7-13-18/h2-16H,1H3. The summed E-state index contributed by atoms with van der Waals surface area (Å²) in [6.07, 6.45) is 1.28. The van der Waals surface area contributed by atoms with E-state index in [1.807, 2.05) is 73.7 Å². The molecule has 3 aromatic rings. The molecule has 0 fully saturated rings. The number of hydrogen-bond donors (Lipinski definition) is 0. The summed E-state index contributed by atoms with van der Waals surface area (Å²) < 4.78 is 5.53. The largest absolute Gasteiger partial charge is 0.420 e. The van der Waals surface area contributed by atoms with E-state index in [2.05, 4.69) is 4.98 Å². The molecule has 1 aromatic heterocycles. The number of ether oxygens (including phenoxy) is 1. The average Bonchev–Trinajstić information content (AvgIpc) is 2.64. The monoisotopic (exact) mass is 318 g/mol. The first-order chi connectivity index (χ1) is 11.8. The highest BCUT2D eigenvalue weighted by molar-refractivity contribution is 5.89. The van der Waals surface area contributed by atoms with Gasteiger partial charge in [-0.3, -0.25) is 9.88 Å². The number of rotatable bonds is 4. The summed E-state index contributed by atoms with van der Waals surface area (Å²) in [4.78, 5) is 18.8. The molecule has 4 nitrogen and oxygen atoms in total. The van der Waals surface area contributed by atoms with Gasteiger partial charge in [0.05, 0.1) is 11.7 Å². The number of carbonyl (C=O) groups excluding carboxylic acids is 1. The number of carbonyl (C=O) groups is 1. The summed E-state index contributed by atoms with van der Waals surface area (Å²) in [5.74, 6) is 0.511. The summed E-state index contributed by atoms with van der Waals surface area (Å²) in [6.45, 7) is 1.93. The van der Waals surface area contributed by atoms with Gasteiger partial charge in [-0.1, -0.05) is 42.5 Å². The van der Waals surface area contributed by atoms with Crippen molar-refractivity contribution in [2.24, 2.45) is 0 Å². The first-order valence-electron chi connectivity index (χ1n) is 7.78. The van der Waals surface area contributed by atoms with Crippen LogP contribution in [0.2, 0.25) is 0 Å². The van der Waals surface area contributed by atoms with Gasteiger partial charge in [-0.25, -0.2) is 4.79 Å². The van der Waals surface area contributed by atoms with Crippen molar-refractivity contribution in [2.75, 3.05) is 4.90 Å². The van der Waals surface area contributed by atoms with E-state index in [-0.39, 0.29) is 6.04 Å². The molecular weight excluding hydrogens is 300 g/mol. The summed E-state index contributed by atoms with van der Waals surface area (Å²) in [7, 11) is 0. The second-order valence-corrected chi connectivity index (χ2v) is 5.32. The van der Waals surface area contributed by atoms with Gasteiger partial charge in [0.1, 0.15) is 5.75 Å². The molecule has 1 heterocycles. The van der Waals surface area contributed by atoms with Gasteiger partial charge in [0, 0.05) is 11.9 Å². The maximum atomic E-state index is 12.8. The van der Waals surface area contributed by atoms with E-state index in [0.717, 1.165) is 11.4 Å². The van der Waals surface area contributed by atoms with Crippen LogP contribution in [0.4, 0.5) is 10.5 Å². The Kier molecular flexibility index (Phi) is 4.87. The highest BCUT2D eigenvalue weighted by Crippen LogP contribution is 2.27. The van der Waals surface area contributed by atoms with E-state index in [1.165, 1.54) is 0 Å². The Morgan fingerprint density at radius 1 is 0.917 bits per heavy atom. The van der Waals surface area contributed by atoms with Crippen molar-refractivity contribution in [3.05, 3.63) is 90.8 Å². The summed E-state index contributed by atoms with van der Waals surface area (Å²) in [5, 5.41) is 0. The van der Waals surface area contributed by atoms with Crippen LogP contribution in [0, 0.1) is 0 Å².